The van der Waals surface area contributed by atoms with Gasteiger partial charge in [0.25, 0.3) is 0 Å². The van der Waals surface area contributed by atoms with Crippen molar-refractivity contribution in [3.8, 4) is 0 Å². The Morgan fingerprint density at radius 1 is 1.10 bits per heavy atom. The van der Waals surface area contributed by atoms with Gasteiger partial charge in [-0.2, -0.15) is 11.8 Å². The SMILES string of the molecule is CC(=O)N1C[C@@H]2C[C@H]1C(=O)N1[C@@H](CC[C@H]1C(=O)N(C)CC(=O)N[C@@H](C)C(=O)N[C@@H](C)C(=O)OC(C)(C)C)CS2. The van der Waals surface area contributed by atoms with E-state index in [2.05, 4.69) is 10.6 Å². The molecule has 2 N–H and O–H groups in total. The highest BCUT2D eigenvalue weighted by Crippen LogP contribution is 2.38. The number of fused-ring (bicyclic) bond motifs is 3. The number of nitrogens with zero attached hydrogens (tertiary/aromatic N) is 3. The van der Waals surface area contributed by atoms with Gasteiger partial charge in [0.1, 0.15) is 29.8 Å². The Morgan fingerprint density at radius 3 is 2.38 bits per heavy atom. The van der Waals surface area contributed by atoms with Crippen LogP contribution in [-0.4, -0.2) is 117 Å². The van der Waals surface area contributed by atoms with Crippen molar-refractivity contribution in [3.05, 3.63) is 0 Å². The van der Waals surface area contributed by atoms with Gasteiger partial charge in [0.2, 0.25) is 29.5 Å². The largest absolute Gasteiger partial charge is 0.458 e. The van der Waals surface area contributed by atoms with Crippen LogP contribution in [0.2, 0.25) is 0 Å². The number of rotatable bonds is 7. The van der Waals surface area contributed by atoms with Crippen molar-refractivity contribution < 1.29 is 33.5 Å². The molecule has 0 spiro atoms. The topological polar surface area (TPSA) is 145 Å². The lowest BCUT2D eigenvalue weighted by molar-refractivity contribution is -0.158. The minimum absolute atomic E-state index is 0.0911. The molecule has 0 unspecified atom stereocenters. The predicted molar refractivity (Wildman–Crippen MR) is 144 cm³/mol. The number of likely N-dealkylation sites (N-methyl/N-ethyl adjacent to an activating group) is 1. The number of esters is 1. The van der Waals surface area contributed by atoms with Crippen molar-refractivity contribution in [2.75, 3.05) is 25.9 Å². The normalized spacial score (nSPS) is 26.1. The molecule has 3 fully saturated rings. The molecular weight excluding hydrogens is 526 g/mol. The Kier molecular flexibility index (Phi) is 9.56. The Hall–Kier alpha value is -2.83. The second kappa shape index (κ2) is 12.1. The predicted octanol–water partition coefficient (Wildman–Crippen LogP) is -0.108. The van der Waals surface area contributed by atoms with Crippen LogP contribution in [-0.2, 0) is 33.5 Å². The van der Waals surface area contributed by atoms with Gasteiger partial charge in [-0.3, -0.25) is 24.0 Å². The summed E-state index contributed by atoms with van der Waals surface area (Å²) in [6, 6.07) is -3.22. The summed E-state index contributed by atoms with van der Waals surface area (Å²) in [6.07, 6.45) is 1.75. The molecule has 2 bridgehead atoms. The fourth-order valence-corrected chi connectivity index (χ4v) is 6.64. The summed E-state index contributed by atoms with van der Waals surface area (Å²) in [5.74, 6) is -1.71. The number of nitrogens with one attached hydrogen (secondary N) is 2. The molecule has 39 heavy (non-hydrogen) atoms. The second-order valence-corrected chi connectivity index (χ2v) is 13.0. The molecule has 0 aromatic carbocycles. The van der Waals surface area contributed by atoms with E-state index in [0.29, 0.717) is 31.6 Å². The fourth-order valence-electron chi connectivity index (χ4n) is 5.23. The van der Waals surface area contributed by atoms with Crippen LogP contribution in [0.4, 0.5) is 0 Å². The lowest BCUT2D eigenvalue weighted by Crippen LogP contribution is -2.57. The van der Waals surface area contributed by atoms with Gasteiger partial charge in [-0.25, -0.2) is 4.79 Å². The minimum atomic E-state index is -0.956. The highest BCUT2D eigenvalue weighted by atomic mass is 32.2. The molecule has 3 saturated heterocycles. The van der Waals surface area contributed by atoms with Gasteiger partial charge in [-0.05, 0) is 53.9 Å². The van der Waals surface area contributed by atoms with Crippen LogP contribution in [0.3, 0.4) is 0 Å². The lowest BCUT2D eigenvalue weighted by Gasteiger charge is -2.36. The summed E-state index contributed by atoms with van der Waals surface area (Å²) in [6.45, 7) is 9.83. The van der Waals surface area contributed by atoms with Crippen LogP contribution < -0.4 is 10.6 Å². The van der Waals surface area contributed by atoms with E-state index in [1.807, 2.05) is 0 Å². The highest BCUT2D eigenvalue weighted by Gasteiger charge is 2.50. The molecule has 12 nitrogen and oxygen atoms in total. The van der Waals surface area contributed by atoms with Gasteiger partial charge in [-0.15, -0.1) is 0 Å². The zero-order chi connectivity index (χ0) is 29.2. The Labute approximate surface area is 233 Å². The number of thioether (sulfide) groups is 1. The number of hydrogen-bond acceptors (Lipinski definition) is 8. The van der Waals surface area contributed by atoms with E-state index in [0.717, 1.165) is 0 Å². The molecule has 0 aromatic heterocycles. The molecular formula is C26H41N5O7S. The first-order chi connectivity index (χ1) is 18.1. The van der Waals surface area contributed by atoms with Crippen LogP contribution in [0.1, 0.15) is 60.8 Å². The third-order valence-electron chi connectivity index (χ3n) is 7.17. The highest BCUT2D eigenvalue weighted by molar-refractivity contribution is 8.00. The number of carbonyl (C=O) groups is 6. The molecule has 13 heteroatoms. The number of carbonyl (C=O) groups excluding carboxylic acids is 6. The van der Waals surface area contributed by atoms with Crippen LogP contribution in [0.15, 0.2) is 0 Å². The maximum absolute atomic E-state index is 13.5. The first-order valence-corrected chi connectivity index (χ1v) is 14.4. The Balaban J connectivity index is 1.56. The maximum atomic E-state index is 13.5. The third kappa shape index (κ3) is 7.43. The van der Waals surface area contributed by atoms with Gasteiger partial charge < -0.3 is 30.1 Å². The summed E-state index contributed by atoms with van der Waals surface area (Å²) in [4.78, 5) is 80.9. The molecule has 0 aliphatic carbocycles. The smallest absolute Gasteiger partial charge is 0.328 e. The summed E-state index contributed by atoms with van der Waals surface area (Å²) in [5.41, 5.74) is -0.700. The van der Waals surface area contributed by atoms with E-state index >= 15 is 0 Å². The van der Waals surface area contributed by atoms with E-state index < -0.39 is 47.6 Å². The number of hydrogen-bond donors (Lipinski definition) is 2. The van der Waals surface area contributed by atoms with E-state index in [1.54, 1.807) is 42.3 Å². The van der Waals surface area contributed by atoms with Crippen molar-refractivity contribution in [3.63, 3.8) is 0 Å². The van der Waals surface area contributed by atoms with Crippen LogP contribution in [0.5, 0.6) is 0 Å². The Morgan fingerprint density at radius 2 is 1.77 bits per heavy atom. The molecule has 0 radical (unpaired) electrons. The van der Waals surface area contributed by atoms with E-state index in [1.165, 1.54) is 32.7 Å². The average molecular weight is 568 g/mol. The van der Waals surface area contributed by atoms with Crippen molar-refractivity contribution in [1.82, 2.24) is 25.3 Å². The van der Waals surface area contributed by atoms with E-state index in [4.69, 9.17) is 4.74 Å². The molecule has 3 aliphatic heterocycles. The zero-order valence-corrected chi connectivity index (χ0v) is 24.6. The van der Waals surface area contributed by atoms with Gasteiger partial charge in [0.05, 0.1) is 6.54 Å². The van der Waals surface area contributed by atoms with E-state index in [9.17, 15) is 28.8 Å². The Bertz CT molecular complexity index is 1020. The third-order valence-corrected chi connectivity index (χ3v) is 8.56. The summed E-state index contributed by atoms with van der Waals surface area (Å²) in [7, 11) is 1.49. The van der Waals surface area contributed by atoms with Crippen LogP contribution in [0, 0.1) is 0 Å². The van der Waals surface area contributed by atoms with Gasteiger partial charge in [-0.1, -0.05) is 0 Å². The molecule has 3 rings (SSSR count). The number of amides is 5. The van der Waals surface area contributed by atoms with E-state index in [-0.39, 0.29) is 35.6 Å². The molecule has 3 heterocycles. The maximum Gasteiger partial charge on any atom is 0.328 e. The average Bonchev–Trinajstić information content (AvgIpc) is 3.44. The monoisotopic (exact) mass is 567 g/mol. The van der Waals surface area contributed by atoms with Gasteiger partial charge in [0, 0.05) is 37.6 Å². The second-order valence-electron chi connectivity index (χ2n) is 11.6. The van der Waals surface area contributed by atoms with Crippen LogP contribution in [0.25, 0.3) is 0 Å². The van der Waals surface area contributed by atoms with Crippen molar-refractivity contribution in [1.29, 1.82) is 0 Å². The lowest BCUT2D eigenvalue weighted by atomic mass is 10.1. The molecule has 218 valence electrons. The van der Waals surface area contributed by atoms with Crippen molar-refractivity contribution in [2.24, 2.45) is 0 Å². The van der Waals surface area contributed by atoms with Gasteiger partial charge in [0.15, 0.2) is 0 Å². The summed E-state index contributed by atoms with van der Waals surface area (Å²) in [5, 5.41) is 5.28. The molecule has 5 amide bonds. The molecule has 0 aromatic rings. The van der Waals surface area contributed by atoms with Crippen molar-refractivity contribution >= 4 is 47.3 Å². The number of ether oxygens (including phenoxy) is 1. The standard InChI is InChI=1S/C26H41N5O7S/c1-14(22(34)28-15(2)25(37)38-26(4,5)6)27-21(33)12-29(7)23(35)19-9-8-17-13-39-18-10-20(24(36)31(17)19)30(11-18)16(3)32/h14-15,17-20H,8-13H2,1-7H3,(H,27,33)(H,28,34)/t14-,15-,17-,18-,19-,20-/m0/s1. The van der Waals surface area contributed by atoms with Crippen LogP contribution >= 0.6 is 11.8 Å². The fraction of sp³-hybridized carbons (Fsp3) is 0.769. The quantitative estimate of drug-likeness (QED) is 0.406. The minimum Gasteiger partial charge on any atom is -0.458 e. The van der Waals surface area contributed by atoms with Crippen molar-refractivity contribution in [2.45, 2.75) is 102 Å². The first-order valence-electron chi connectivity index (χ1n) is 13.4. The zero-order valence-electron chi connectivity index (χ0n) is 23.8. The van der Waals surface area contributed by atoms with Gasteiger partial charge >= 0.3 is 5.97 Å². The summed E-state index contributed by atoms with van der Waals surface area (Å²) < 4.78 is 5.25. The number of likely N-dealkylation sites (tertiary alicyclic amines) is 1. The molecule has 0 saturated carbocycles. The summed E-state index contributed by atoms with van der Waals surface area (Å²) >= 11 is 1.75. The first kappa shape index (κ1) is 30.7. The molecule has 6 atom stereocenters. The molecule has 3 aliphatic rings.